The van der Waals surface area contributed by atoms with Gasteiger partial charge in [-0.2, -0.15) is 0 Å². The van der Waals surface area contributed by atoms with Crippen LogP contribution in [0.1, 0.15) is 30.4 Å². The maximum absolute atomic E-state index is 12.9. The summed E-state index contributed by atoms with van der Waals surface area (Å²) in [5.74, 6) is -0.0351. The van der Waals surface area contributed by atoms with Crippen molar-refractivity contribution in [2.45, 2.75) is 32.6 Å². The van der Waals surface area contributed by atoms with Crippen LogP contribution in [-0.4, -0.2) is 24.1 Å². The highest BCUT2D eigenvalue weighted by atomic mass is 32.1. The van der Waals surface area contributed by atoms with E-state index in [0.717, 1.165) is 54.9 Å². The van der Waals surface area contributed by atoms with Crippen molar-refractivity contribution in [1.29, 1.82) is 0 Å². The number of amides is 1. The van der Waals surface area contributed by atoms with Crippen molar-refractivity contribution in [3.63, 3.8) is 0 Å². The van der Waals surface area contributed by atoms with Gasteiger partial charge in [0, 0.05) is 30.9 Å². The number of halogens is 1. The molecule has 0 bridgehead atoms. The molecular formula is C21H24FN3OS. The highest BCUT2D eigenvalue weighted by Crippen LogP contribution is 2.28. The average molecular weight is 386 g/mol. The Morgan fingerprint density at radius 1 is 1.22 bits per heavy atom. The molecule has 6 heteroatoms. The zero-order chi connectivity index (χ0) is 19.2. The Hall–Kier alpha value is -2.47. The van der Waals surface area contributed by atoms with Gasteiger partial charge in [-0.1, -0.05) is 18.2 Å². The Balaban J connectivity index is 1.49. The second-order valence-electron chi connectivity index (χ2n) is 6.76. The van der Waals surface area contributed by atoms with E-state index in [0.29, 0.717) is 11.5 Å². The lowest BCUT2D eigenvalue weighted by Gasteiger charge is -2.20. The van der Waals surface area contributed by atoms with E-state index in [1.807, 2.05) is 30.0 Å². The van der Waals surface area contributed by atoms with E-state index >= 15 is 0 Å². The van der Waals surface area contributed by atoms with Crippen LogP contribution in [0, 0.1) is 12.7 Å². The molecule has 4 nitrogen and oxygen atoms in total. The Labute approximate surface area is 164 Å². The molecule has 0 aliphatic carbocycles. The Morgan fingerprint density at radius 2 is 2.00 bits per heavy atom. The van der Waals surface area contributed by atoms with Crippen LogP contribution >= 0.6 is 12.2 Å². The first-order valence-electron chi connectivity index (χ1n) is 9.23. The van der Waals surface area contributed by atoms with Crippen LogP contribution in [0.15, 0.2) is 42.5 Å². The van der Waals surface area contributed by atoms with Crippen LogP contribution in [0.4, 0.5) is 15.8 Å². The molecule has 0 saturated carbocycles. The number of benzene rings is 2. The summed E-state index contributed by atoms with van der Waals surface area (Å²) >= 11 is 5.36. The van der Waals surface area contributed by atoms with Gasteiger partial charge < -0.3 is 15.5 Å². The summed E-state index contributed by atoms with van der Waals surface area (Å²) in [5, 5.41) is 6.93. The first-order chi connectivity index (χ1) is 13.0. The maximum atomic E-state index is 12.9. The van der Waals surface area contributed by atoms with Crippen molar-refractivity contribution in [1.82, 2.24) is 5.32 Å². The molecule has 0 aromatic heterocycles. The van der Waals surface area contributed by atoms with Gasteiger partial charge in [-0.05, 0) is 73.8 Å². The molecule has 0 radical (unpaired) electrons. The van der Waals surface area contributed by atoms with Crippen LogP contribution in [0.25, 0.3) is 0 Å². The number of anilines is 2. The summed E-state index contributed by atoms with van der Waals surface area (Å²) < 4.78 is 12.9. The molecule has 0 unspecified atom stereocenters. The number of rotatable bonds is 6. The summed E-state index contributed by atoms with van der Waals surface area (Å²) in [5.41, 5.74) is 4.00. The first kappa shape index (κ1) is 19.3. The third-order valence-electron chi connectivity index (χ3n) is 4.67. The van der Waals surface area contributed by atoms with Gasteiger partial charge in [0.05, 0.1) is 0 Å². The lowest BCUT2D eigenvalue weighted by Crippen LogP contribution is -2.30. The molecule has 1 aliphatic rings. The molecule has 2 N–H and O–H groups in total. The number of carbonyl (C=O) groups is 1. The summed E-state index contributed by atoms with van der Waals surface area (Å²) in [4.78, 5) is 13.9. The lowest BCUT2D eigenvalue weighted by atomic mass is 10.1. The van der Waals surface area contributed by atoms with Gasteiger partial charge in [-0.15, -0.1) is 0 Å². The van der Waals surface area contributed by atoms with E-state index in [4.69, 9.17) is 12.2 Å². The number of nitrogens with one attached hydrogen (secondary N) is 2. The van der Waals surface area contributed by atoms with E-state index < -0.39 is 0 Å². The largest absolute Gasteiger partial charge is 0.362 e. The monoisotopic (exact) mass is 385 g/mol. The number of thiocarbonyl (C=S) groups is 1. The van der Waals surface area contributed by atoms with Crippen molar-refractivity contribution in [3.8, 4) is 0 Å². The molecule has 27 heavy (non-hydrogen) atoms. The normalized spacial score (nSPS) is 13.7. The quantitative estimate of drug-likeness (QED) is 0.578. The van der Waals surface area contributed by atoms with Gasteiger partial charge in [-0.3, -0.25) is 4.79 Å². The van der Waals surface area contributed by atoms with Gasteiger partial charge in [0.1, 0.15) is 5.82 Å². The molecule has 3 rings (SSSR count). The van der Waals surface area contributed by atoms with Gasteiger partial charge >= 0.3 is 0 Å². The SMILES string of the molecule is Cc1ccc(NC(=S)NCCCc2ccc(F)cc2)cc1N1CCCC1=O. The number of hydrogen-bond acceptors (Lipinski definition) is 2. The van der Waals surface area contributed by atoms with E-state index in [1.54, 1.807) is 12.1 Å². The second kappa shape index (κ2) is 8.95. The van der Waals surface area contributed by atoms with Crippen LogP contribution < -0.4 is 15.5 Å². The molecule has 1 heterocycles. The summed E-state index contributed by atoms with van der Waals surface area (Å²) in [6.07, 6.45) is 3.28. The van der Waals surface area contributed by atoms with E-state index in [9.17, 15) is 9.18 Å². The first-order valence-corrected chi connectivity index (χ1v) is 9.64. The fraction of sp³-hybridized carbons (Fsp3) is 0.333. The van der Waals surface area contributed by atoms with Crippen molar-refractivity contribution in [3.05, 3.63) is 59.4 Å². The summed E-state index contributed by atoms with van der Waals surface area (Å²) in [7, 11) is 0. The van der Waals surface area contributed by atoms with Crippen molar-refractivity contribution < 1.29 is 9.18 Å². The number of aryl methyl sites for hydroxylation is 2. The summed E-state index contributed by atoms with van der Waals surface area (Å²) in [6, 6.07) is 12.5. The van der Waals surface area contributed by atoms with Crippen LogP contribution in [0.5, 0.6) is 0 Å². The third-order valence-corrected chi connectivity index (χ3v) is 4.92. The van der Waals surface area contributed by atoms with E-state index in [-0.39, 0.29) is 11.7 Å². The Morgan fingerprint density at radius 3 is 2.70 bits per heavy atom. The van der Waals surface area contributed by atoms with Gasteiger partial charge in [0.15, 0.2) is 5.11 Å². The van der Waals surface area contributed by atoms with Gasteiger partial charge in [-0.25, -0.2) is 4.39 Å². The van der Waals surface area contributed by atoms with E-state index in [1.165, 1.54) is 12.1 Å². The summed E-state index contributed by atoms with van der Waals surface area (Å²) in [6.45, 7) is 3.51. The zero-order valence-corrected chi connectivity index (χ0v) is 16.2. The van der Waals surface area contributed by atoms with Crippen molar-refractivity contribution >= 4 is 34.6 Å². The van der Waals surface area contributed by atoms with Crippen molar-refractivity contribution in [2.24, 2.45) is 0 Å². The molecule has 0 atom stereocenters. The molecule has 1 amide bonds. The topological polar surface area (TPSA) is 44.4 Å². The predicted molar refractivity (Wildman–Crippen MR) is 112 cm³/mol. The maximum Gasteiger partial charge on any atom is 0.227 e. The number of hydrogen-bond donors (Lipinski definition) is 2. The Kier molecular flexibility index (Phi) is 6.40. The molecule has 1 fully saturated rings. The minimum Gasteiger partial charge on any atom is -0.362 e. The molecular weight excluding hydrogens is 361 g/mol. The van der Waals surface area contributed by atoms with Crippen LogP contribution in [0.3, 0.4) is 0 Å². The van der Waals surface area contributed by atoms with Crippen molar-refractivity contribution in [2.75, 3.05) is 23.3 Å². The fourth-order valence-electron chi connectivity index (χ4n) is 3.20. The molecule has 1 aliphatic heterocycles. The second-order valence-corrected chi connectivity index (χ2v) is 7.17. The van der Waals surface area contributed by atoms with Crippen LogP contribution in [0.2, 0.25) is 0 Å². The molecule has 1 saturated heterocycles. The third kappa shape index (κ3) is 5.26. The number of carbonyl (C=O) groups excluding carboxylic acids is 1. The molecule has 142 valence electrons. The standard InChI is InChI=1S/C21H24FN3OS/c1-15-6-11-18(14-19(15)25-13-3-5-20(25)26)24-21(27)23-12-2-4-16-7-9-17(22)10-8-16/h6-11,14H,2-5,12-13H2,1H3,(H2,23,24,27). The number of nitrogens with zero attached hydrogens (tertiary/aromatic N) is 1. The molecule has 2 aromatic carbocycles. The fourth-order valence-corrected chi connectivity index (χ4v) is 3.42. The van der Waals surface area contributed by atoms with E-state index in [2.05, 4.69) is 10.6 Å². The minimum absolute atomic E-state index is 0.178. The smallest absolute Gasteiger partial charge is 0.227 e. The van der Waals surface area contributed by atoms with Gasteiger partial charge in [0.2, 0.25) is 5.91 Å². The zero-order valence-electron chi connectivity index (χ0n) is 15.4. The highest BCUT2D eigenvalue weighted by Gasteiger charge is 2.23. The average Bonchev–Trinajstić information content (AvgIpc) is 3.08. The van der Waals surface area contributed by atoms with Gasteiger partial charge in [0.25, 0.3) is 0 Å². The Bertz CT molecular complexity index is 823. The molecule has 2 aromatic rings. The predicted octanol–water partition coefficient (Wildman–Crippen LogP) is 4.18. The molecule has 0 spiro atoms. The minimum atomic E-state index is -0.213. The lowest BCUT2D eigenvalue weighted by molar-refractivity contribution is -0.117. The van der Waals surface area contributed by atoms with Crippen LogP contribution in [-0.2, 0) is 11.2 Å². The highest BCUT2D eigenvalue weighted by molar-refractivity contribution is 7.80.